The van der Waals surface area contributed by atoms with E-state index in [1.807, 2.05) is 24.1 Å². The summed E-state index contributed by atoms with van der Waals surface area (Å²) in [4.78, 5) is 27.6. The minimum atomic E-state index is -0.635. The summed E-state index contributed by atoms with van der Waals surface area (Å²) >= 11 is 0. The highest BCUT2D eigenvalue weighted by atomic mass is 16.5. The van der Waals surface area contributed by atoms with Crippen LogP contribution in [0.15, 0.2) is 35.5 Å². The van der Waals surface area contributed by atoms with Gasteiger partial charge in [-0.25, -0.2) is 9.59 Å². The van der Waals surface area contributed by atoms with Crippen molar-refractivity contribution in [3.63, 3.8) is 0 Å². The standard InChI is InChI=1S/C17H22N2O6/c1-18(8-9-20)12-4-6-13(7-5-12)19-11-25-10-14(16(21)23-2)15(19)17(22)24-3/h4-7,20H,8-11H2,1-3H3. The van der Waals surface area contributed by atoms with Crippen LogP contribution in [0.2, 0.25) is 0 Å². The summed E-state index contributed by atoms with van der Waals surface area (Å²) in [6, 6.07) is 7.31. The number of anilines is 2. The molecule has 0 aromatic heterocycles. The number of esters is 2. The molecule has 0 bridgehead atoms. The van der Waals surface area contributed by atoms with Gasteiger partial charge in [0.15, 0.2) is 0 Å². The van der Waals surface area contributed by atoms with Crippen molar-refractivity contribution in [1.29, 1.82) is 0 Å². The molecule has 136 valence electrons. The van der Waals surface area contributed by atoms with Crippen LogP contribution in [0.25, 0.3) is 0 Å². The molecule has 0 aliphatic carbocycles. The third kappa shape index (κ3) is 4.09. The Morgan fingerprint density at radius 2 is 1.84 bits per heavy atom. The van der Waals surface area contributed by atoms with Crippen molar-refractivity contribution in [1.82, 2.24) is 0 Å². The number of ether oxygens (including phenoxy) is 3. The first-order chi connectivity index (χ1) is 12.0. The van der Waals surface area contributed by atoms with E-state index in [-0.39, 0.29) is 31.2 Å². The quantitative estimate of drug-likeness (QED) is 0.743. The Labute approximate surface area is 146 Å². The molecule has 1 N–H and O–H groups in total. The lowest BCUT2D eigenvalue weighted by Gasteiger charge is -2.31. The second-order valence-electron chi connectivity index (χ2n) is 5.38. The molecule has 0 radical (unpaired) electrons. The molecule has 1 aromatic rings. The van der Waals surface area contributed by atoms with Crippen molar-refractivity contribution < 1.29 is 28.9 Å². The molecular formula is C17H22N2O6. The Morgan fingerprint density at radius 1 is 1.20 bits per heavy atom. The van der Waals surface area contributed by atoms with Gasteiger partial charge < -0.3 is 29.1 Å². The molecule has 8 nitrogen and oxygen atoms in total. The average Bonchev–Trinajstić information content (AvgIpc) is 2.66. The van der Waals surface area contributed by atoms with E-state index in [9.17, 15) is 9.59 Å². The van der Waals surface area contributed by atoms with Crippen LogP contribution in [-0.4, -0.2) is 64.8 Å². The zero-order valence-corrected chi connectivity index (χ0v) is 14.5. The molecule has 0 fully saturated rings. The second kappa shape index (κ2) is 8.50. The van der Waals surface area contributed by atoms with Gasteiger partial charge in [0, 0.05) is 25.0 Å². The molecule has 0 amide bonds. The third-order valence-electron chi connectivity index (χ3n) is 3.87. The van der Waals surface area contributed by atoms with E-state index in [4.69, 9.17) is 19.3 Å². The predicted octanol–water partition coefficient (Wildman–Crippen LogP) is 0.509. The SMILES string of the molecule is COC(=O)C1=C(C(=O)OC)N(c2ccc(N(C)CCO)cc2)COC1. The highest BCUT2D eigenvalue weighted by Gasteiger charge is 2.32. The fourth-order valence-electron chi connectivity index (χ4n) is 2.51. The molecule has 8 heteroatoms. The van der Waals surface area contributed by atoms with E-state index in [1.165, 1.54) is 14.2 Å². The van der Waals surface area contributed by atoms with Crippen molar-refractivity contribution in [2.75, 3.05) is 57.6 Å². The van der Waals surface area contributed by atoms with Gasteiger partial charge in [0.05, 0.1) is 33.0 Å². The van der Waals surface area contributed by atoms with E-state index >= 15 is 0 Å². The summed E-state index contributed by atoms with van der Waals surface area (Å²) in [6.07, 6.45) is 0. The third-order valence-corrected chi connectivity index (χ3v) is 3.87. The number of carbonyl (C=O) groups is 2. The number of benzene rings is 1. The van der Waals surface area contributed by atoms with Crippen LogP contribution < -0.4 is 9.80 Å². The fourth-order valence-corrected chi connectivity index (χ4v) is 2.51. The Balaban J connectivity index is 2.38. The first kappa shape index (κ1) is 18.8. The van der Waals surface area contributed by atoms with Crippen LogP contribution in [0.4, 0.5) is 11.4 Å². The number of aliphatic hydroxyl groups excluding tert-OH is 1. The number of carbonyl (C=O) groups excluding carboxylic acids is 2. The molecular weight excluding hydrogens is 328 g/mol. The Bertz CT molecular complexity index is 656. The number of nitrogens with zero attached hydrogens (tertiary/aromatic N) is 2. The molecule has 25 heavy (non-hydrogen) atoms. The molecule has 1 aliphatic rings. The lowest BCUT2D eigenvalue weighted by atomic mass is 10.1. The summed E-state index contributed by atoms with van der Waals surface area (Å²) in [6.45, 7) is 0.642. The van der Waals surface area contributed by atoms with Crippen LogP contribution in [0.5, 0.6) is 0 Å². The molecule has 1 heterocycles. The number of hydrogen-bond acceptors (Lipinski definition) is 8. The zero-order chi connectivity index (χ0) is 18.4. The predicted molar refractivity (Wildman–Crippen MR) is 91.2 cm³/mol. The van der Waals surface area contributed by atoms with Crippen LogP contribution in [-0.2, 0) is 23.8 Å². The summed E-state index contributed by atoms with van der Waals surface area (Å²) in [5.74, 6) is -1.27. The summed E-state index contributed by atoms with van der Waals surface area (Å²) in [7, 11) is 4.37. The summed E-state index contributed by atoms with van der Waals surface area (Å²) in [5, 5.41) is 9.02. The minimum absolute atomic E-state index is 0.0229. The Morgan fingerprint density at radius 3 is 2.40 bits per heavy atom. The monoisotopic (exact) mass is 350 g/mol. The number of hydrogen-bond donors (Lipinski definition) is 1. The number of aliphatic hydroxyl groups is 1. The number of rotatable bonds is 6. The molecule has 1 aromatic carbocycles. The van der Waals surface area contributed by atoms with Crippen molar-refractivity contribution in [3.05, 3.63) is 35.5 Å². The Kier molecular flexibility index (Phi) is 6.37. The van der Waals surface area contributed by atoms with E-state index < -0.39 is 11.9 Å². The van der Waals surface area contributed by atoms with Crippen molar-refractivity contribution in [3.8, 4) is 0 Å². The maximum Gasteiger partial charge on any atom is 0.355 e. The first-order valence-electron chi connectivity index (χ1n) is 7.70. The molecule has 0 spiro atoms. The Hall–Kier alpha value is -2.58. The van der Waals surface area contributed by atoms with Gasteiger partial charge in [0.1, 0.15) is 12.4 Å². The highest BCUT2D eigenvalue weighted by Crippen LogP contribution is 2.28. The summed E-state index contributed by atoms with van der Waals surface area (Å²) < 4.78 is 15.0. The maximum atomic E-state index is 12.2. The molecule has 0 saturated heterocycles. The van der Waals surface area contributed by atoms with Gasteiger partial charge in [0.2, 0.25) is 0 Å². The normalized spacial score (nSPS) is 14.3. The van der Waals surface area contributed by atoms with Crippen LogP contribution in [0.3, 0.4) is 0 Å². The fraction of sp³-hybridized carbons (Fsp3) is 0.412. The number of likely N-dealkylation sites (N-methyl/N-ethyl adjacent to an activating group) is 1. The van der Waals surface area contributed by atoms with Crippen LogP contribution in [0, 0.1) is 0 Å². The molecule has 0 saturated carbocycles. The molecule has 0 unspecified atom stereocenters. The lowest BCUT2D eigenvalue weighted by Crippen LogP contribution is -2.38. The van der Waals surface area contributed by atoms with Gasteiger partial charge in [-0.1, -0.05) is 0 Å². The molecule has 0 atom stereocenters. The van der Waals surface area contributed by atoms with Gasteiger partial charge in [-0.3, -0.25) is 0 Å². The van der Waals surface area contributed by atoms with Gasteiger partial charge in [-0.05, 0) is 24.3 Å². The van der Waals surface area contributed by atoms with Crippen molar-refractivity contribution >= 4 is 23.3 Å². The van der Waals surface area contributed by atoms with Gasteiger partial charge in [-0.2, -0.15) is 0 Å². The largest absolute Gasteiger partial charge is 0.466 e. The average molecular weight is 350 g/mol. The highest BCUT2D eigenvalue weighted by molar-refractivity contribution is 6.03. The van der Waals surface area contributed by atoms with Gasteiger partial charge in [0.25, 0.3) is 0 Å². The van der Waals surface area contributed by atoms with Gasteiger partial charge >= 0.3 is 11.9 Å². The van der Waals surface area contributed by atoms with E-state index in [2.05, 4.69) is 0 Å². The number of methoxy groups -OCH3 is 2. The molecule has 1 aliphatic heterocycles. The minimum Gasteiger partial charge on any atom is -0.466 e. The summed E-state index contributed by atoms with van der Waals surface area (Å²) in [5.41, 5.74) is 1.80. The van der Waals surface area contributed by atoms with Crippen molar-refractivity contribution in [2.45, 2.75) is 0 Å². The second-order valence-corrected chi connectivity index (χ2v) is 5.38. The topological polar surface area (TPSA) is 88.5 Å². The van der Waals surface area contributed by atoms with Crippen molar-refractivity contribution in [2.24, 2.45) is 0 Å². The van der Waals surface area contributed by atoms with E-state index in [1.54, 1.807) is 17.0 Å². The maximum absolute atomic E-state index is 12.2. The van der Waals surface area contributed by atoms with E-state index in [0.29, 0.717) is 12.2 Å². The first-order valence-corrected chi connectivity index (χ1v) is 7.70. The van der Waals surface area contributed by atoms with Crippen LogP contribution >= 0.6 is 0 Å². The lowest BCUT2D eigenvalue weighted by molar-refractivity contribution is -0.140. The molecule has 2 rings (SSSR count). The van der Waals surface area contributed by atoms with E-state index in [0.717, 1.165) is 5.69 Å². The van der Waals surface area contributed by atoms with Crippen LogP contribution in [0.1, 0.15) is 0 Å². The smallest absolute Gasteiger partial charge is 0.355 e. The zero-order valence-electron chi connectivity index (χ0n) is 14.5. The van der Waals surface area contributed by atoms with Gasteiger partial charge in [-0.15, -0.1) is 0 Å².